The summed E-state index contributed by atoms with van der Waals surface area (Å²) in [6, 6.07) is 5.34. The van der Waals surface area contributed by atoms with Crippen molar-refractivity contribution in [1.82, 2.24) is 9.97 Å². The Morgan fingerprint density at radius 3 is 2.67 bits per heavy atom. The fourth-order valence-electron chi connectivity index (χ4n) is 2.76. The van der Waals surface area contributed by atoms with Gasteiger partial charge in [0.25, 0.3) is 5.56 Å². The van der Waals surface area contributed by atoms with Crippen molar-refractivity contribution in [3.8, 4) is 11.4 Å². The van der Waals surface area contributed by atoms with Crippen molar-refractivity contribution >= 4 is 45.8 Å². The van der Waals surface area contributed by atoms with Crippen molar-refractivity contribution in [3.63, 3.8) is 0 Å². The maximum atomic E-state index is 12.2. The summed E-state index contributed by atoms with van der Waals surface area (Å²) in [5, 5.41) is 0.874. The highest BCUT2D eigenvalue weighted by molar-refractivity contribution is 14.1. The molecule has 110 valence electrons. The lowest BCUT2D eigenvalue weighted by molar-refractivity contribution is 0.687. The number of hydrogen-bond donors (Lipinski definition) is 1. The first-order chi connectivity index (χ1) is 10.1. The van der Waals surface area contributed by atoms with Gasteiger partial charge in [-0.05, 0) is 47.6 Å². The van der Waals surface area contributed by atoms with Crippen LogP contribution in [0.3, 0.4) is 0 Å². The van der Waals surface area contributed by atoms with Gasteiger partial charge in [-0.2, -0.15) is 0 Å². The average molecular weight is 435 g/mol. The van der Waals surface area contributed by atoms with E-state index in [1.54, 1.807) is 12.1 Å². The highest BCUT2D eigenvalue weighted by Gasteiger charge is 2.23. The van der Waals surface area contributed by atoms with Gasteiger partial charge in [0.15, 0.2) is 0 Å². The topological polar surface area (TPSA) is 45.8 Å². The highest BCUT2D eigenvalue weighted by Crippen LogP contribution is 2.36. The van der Waals surface area contributed by atoms with Gasteiger partial charge in [-0.15, -0.1) is 0 Å². The average Bonchev–Trinajstić information content (AvgIpc) is 2.99. The fourth-order valence-corrected chi connectivity index (χ4v) is 3.85. The van der Waals surface area contributed by atoms with Gasteiger partial charge >= 0.3 is 0 Å². The van der Waals surface area contributed by atoms with Crippen molar-refractivity contribution < 1.29 is 0 Å². The predicted molar refractivity (Wildman–Crippen MR) is 94.2 cm³/mol. The maximum Gasteiger partial charge on any atom is 0.264 e. The Labute approximate surface area is 146 Å². The zero-order valence-electron chi connectivity index (χ0n) is 11.1. The molecule has 1 aromatic carbocycles. The van der Waals surface area contributed by atoms with Crippen molar-refractivity contribution in [3.05, 3.63) is 47.9 Å². The normalized spacial score (nSPS) is 15.6. The molecule has 0 spiro atoms. The molecule has 0 unspecified atom stereocenters. The first kappa shape index (κ1) is 15.3. The number of aromatic nitrogens is 2. The molecule has 1 heterocycles. The number of rotatable bonds is 2. The molecular weight excluding hydrogens is 422 g/mol. The van der Waals surface area contributed by atoms with E-state index in [0.717, 1.165) is 18.5 Å². The van der Waals surface area contributed by atoms with Crippen molar-refractivity contribution in [2.75, 3.05) is 0 Å². The van der Waals surface area contributed by atoms with Crippen LogP contribution in [0.4, 0.5) is 0 Å². The molecule has 0 saturated heterocycles. The Kier molecular flexibility index (Phi) is 4.57. The second-order valence-corrected chi connectivity index (χ2v) is 7.06. The molecule has 0 radical (unpaired) electrons. The number of H-pyrrole nitrogens is 1. The number of benzene rings is 1. The fraction of sp³-hybridized carbons (Fsp3) is 0.333. The molecule has 21 heavy (non-hydrogen) atoms. The molecule has 3 nitrogen and oxygen atoms in total. The number of nitrogens with zero attached hydrogens (tertiary/aromatic N) is 1. The Morgan fingerprint density at radius 2 is 1.95 bits per heavy atom. The second-order valence-electron chi connectivity index (χ2n) is 5.20. The van der Waals surface area contributed by atoms with Crippen molar-refractivity contribution in [2.24, 2.45) is 0 Å². The van der Waals surface area contributed by atoms with Crippen LogP contribution in [0, 0.1) is 3.57 Å². The Balaban J connectivity index is 2.15. The molecule has 6 heteroatoms. The quantitative estimate of drug-likeness (QED) is 0.675. The van der Waals surface area contributed by atoms with E-state index in [0.29, 0.717) is 30.9 Å². The SMILES string of the molecule is O=c1[nH]c(-c2cccc(Cl)c2Cl)nc(C2CCCC2)c1I. The summed E-state index contributed by atoms with van der Waals surface area (Å²) in [5.74, 6) is 0.866. The second kappa shape index (κ2) is 6.26. The van der Waals surface area contributed by atoms with E-state index in [9.17, 15) is 4.79 Å². The van der Waals surface area contributed by atoms with Crippen LogP contribution >= 0.6 is 45.8 Å². The Bertz CT molecular complexity index is 739. The zero-order chi connectivity index (χ0) is 15.0. The van der Waals surface area contributed by atoms with Crippen molar-refractivity contribution in [2.45, 2.75) is 31.6 Å². The van der Waals surface area contributed by atoms with Gasteiger partial charge in [0.2, 0.25) is 0 Å². The van der Waals surface area contributed by atoms with E-state index >= 15 is 0 Å². The molecule has 1 aliphatic carbocycles. The van der Waals surface area contributed by atoms with Crippen LogP contribution in [-0.2, 0) is 0 Å². The summed E-state index contributed by atoms with van der Waals surface area (Å²) < 4.78 is 0.682. The molecule has 1 N–H and O–H groups in total. The Morgan fingerprint density at radius 1 is 1.24 bits per heavy atom. The highest BCUT2D eigenvalue weighted by atomic mass is 127. The van der Waals surface area contributed by atoms with Gasteiger partial charge in [0.1, 0.15) is 5.82 Å². The van der Waals surface area contributed by atoms with Crippen LogP contribution in [0.1, 0.15) is 37.3 Å². The van der Waals surface area contributed by atoms with E-state index in [1.165, 1.54) is 12.8 Å². The van der Waals surface area contributed by atoms with E-state index in [2.05, 4.69) is 32.6 Å². The first-order valence-corrected chi connectivity index (χ1v) is 8.65. The first-order valence-electron chi connectivity index (χ1n) is 6.82. The van der Waals surface area contributed by atoms with Gasteiger partial charge in [0, 0.05) is 11.5 Å². The van der Waals surface area contributed by atoms with Gasteiger partial charge < -0.3 is 4.98 Å². The molecule has 0 aliphatic heterocycles. The number of nitrogens with one attached hydrogen (secondary N) is 1. The predicted octanol–water partition coefficient (Wildman–Crippen LogP) is 5.01. The third-order valence-electron chi connectivity index (χ3n) is 3.84. The van der Waals surface area contributed by atoms with Crippen LogP contribution < -0.4 is 5.56 Å². The molecule has 1 aromatic heterocycles. The molecule has 0 amide bonds. The monoisotopic (exact) mass is 434 g/mol. The molecule has 3 rings (SSSR count). The number of halogens is 3. The van der Waals surface area contributed by atoms with Crippen LogP contribution in [0.15, 0.2) is 23.0 Å². The van der Waals surface area contributed by atoms with Crippen LogP contribution in [0.5, 0.6) is 0 Å². The summed E-state index contributed by atoms with van der Waals surface area (Å²) in [6.07, 6.45) is 4.58. The lowest BCUT2D eigenvalue weighted by Gasteiger charge is -2.13. The van der Waals surface area contributed by atoms with Gasteiger partial charge in [-0.1, -0.05) is 42.1 Å². The van der Waals surface area contributed by atoms with E-state index in [4.69, 9.17) is 23.2 Å². The molecule has 1 aliphatic rings. The third-order valence-corrected chi connectivity index (χ3v) is 5.70. The van der Waals surface area contributed by atoms with E-state index in [1.807, 2.05) is 6.07 Å². The number of hydrogen-bond acceptors (Lipinski definition) is 2. The minimum absolute atomic E-state index is 0.112. The largest absolute Gasteiger partial charge is 0.306 e. The van der Waals surface area contributed by atoms with Crippen LogP contribution in [-0.4, -0.2) is 9.97 Å². The zero-order valence-corrected chi connectivity index (χ0v) is 14.8. The third kappa shape index (κ3) is 2.98. The molecule has 1 saturated carbocycles. The maximum absolute atomic E-state index is 12.2. The van der Waals surface area contributed by atoms with E-state index < -0.39 is 0 Å². The summed E-state index contributed by atoms with van der Waals surface area (Å²) in [4.78, 5) is 19.7. The molecule has 0 atom stereocenters. The minimum Gasteiger partial charge on any atom is -0.306 e. The van der Waals surface area contributed by atoms with E-state index in [-0.39, 0.29) is 5.56 Å². The van der Waals surface area contributed by atoms with Gasteiger partial charge in [0.05, 0.1) is 19.3 Å². The summed E-state index contributed by atoms with van der Waals surface area (Å²) in [7, 11) is 0. The smallest absolute Gasteiger partial charge is 0.264 e. The molecular formula is C15H13Cl2IN2O. The van der Waals surface area contributed by atoms with Gasteiger partial charge in [-0.3, -0.25) is 4.79 Å². The van der Waals surface area contributed by atoms with Crippen LogP contribution in [0.2, 0.25) is 10.0 Å². The summed E-state index contributed by atoms with van der Waals surface area (Å²) in [6.45, 7) is 0. The summed E-state index contributed by atoms with van der Waals surface area (Å²) >= 11 is 14.4. The summed E-state index contributed by atoms with van der Waals surface area (Å²) in [5.41, 5.74) is 1.44. The molecule has 1 fully saturated rings. The standard InChI is InChI=1S/C15H13Cl2IN2O/c16-10-7-3-6-9(11(10)17)14-19-13(8-4-1-2-5-8)12(18)15(21)20-14/h3,6-8H,1-2,4-5H2,(H,19,20,21). The number of aromatic amines is 1. The lowest BCUT2D eigenvalue weighted by Crippen LogP contribution is -2.18. The molecule has 0 bridgehead atoms. The molecule has 2 aromatic rings. The van der Waals surface area contributed by atoms with Gasteiger partial charge in [-0.25, -0.2) is 4.98 Å². The van der Waals surface area contributed by atoms with Crippen molar-refractivity contribution in [1.29, 1.82) is 0 Å². The van der Waals surface area contributed by atoms with Crippen LogP contribution in [0.25, 0.3) is 11.4 Å². The Hall–Kier alpha value is -0.590. The lowest BCUT2D eigenvalue weighted by atomic mass is 10.0. The minimum atomic E-state index is -0.112.